The van der Waals surface area contributed by atoms with Gasteiger partial charge in [-0.2, -0.15) is 0 Å². The minimum atomic E-state index is -0.399. The number of nitrogens with zero attached hydrogens (tertiary/aromatic N) is 4. The molecular formula is C18H18N4O3S. The number of nitro groups is 1. The number of hydrogen-bond acceptors (Lipinski definition) is 6. The number of nitro benzene ring substituents is 1. The van der Waals surface area contributed by atoms with E-state index in [1.54, 1.807) is 31.0 Å². The van der Waals surface area contributed by atoms with Gasteiger partial charge in [0.05, 0.1) is 17.6 Å². The van der Waals surface area contributed by atoms with E-state index < -0.39 is 4.92 Å². The predicted octanol–water partition coefficient (Wildman–Crippen LogP) is 4.17. The zero-order valence-electron chi connectivity index (χ0n) is 14.5. The van der Waals surface area contributed by atoms with Crippen molar-refractivity contribution in [3.63, 3.8) is 0 Å². The van der Waals surface area contributed by atoms with Crippen LogP contribution in [-0.4, -0.2) is 26.8 Å². The summed E-state index contributed by atoms with van der Waals surface area (Å²) in [4.78, 5) is 10.3. The summed E-state index contributed by atoms with van der Waals surface area (Å²) in [5.74, 6) is 2.17. The van der Waals surface area contributed by atoms with Crippen LogP contribution in [0.25, 0.3) is 11.4 Å². The van der Waals surface area contributed by atoms with Gasteiger partial charge in [-0.05, 0) is 24.6 Å². The Morgan fingerprint density at radius 1 is 1.15 bits per heavy atom. The molecule has 0 spiro atoms. The summed E-state index contributed by atoms with van der Waals surface area (Å²) < 4.78 is 7.46. The van der Waals surface area contributed by atoms with Crippen LogP contribution >= 0.6 is 11.8 Å². The molecule has 0 atom stereocenters. The summed E-state index contributed by atoms with van der Waals surface area (Å²) >= 11 is 1.55. The van der Waals surface area contributed by atoms with Crippen molar-refractivity contribution in [2.75, 3.05) is 7.11 Å². The minimum absolute atomic E-state index is 0.0916. The molecule has 8 heteroatoms. The highest BCUT2D eigenvalue weighted by Gasteiger charge is 2.16. The fraction of sp³-hybridized carbons (Fsp3) is 0.222. The van der Waals surface area contributed by atoms with Gasteiger partial charge in [-0.3, -0.25) is 10.1 Å². The van der Waals surface area contributed by atoms with Crippen LogP contribution in [0, 0.1) is 10.1 Å². The Morgan fingerprint density at radius 2 is 1.88 bits per heavy atom. The summed E-state index contributed by atoms with van der Waals surface area (Å²) in [6.07, 6.45) is 0. The van der Waals surface area contributed by atoms with Crippen LogP contribution in [-0.2, 0) is 12.3 Å². The molecule has 3 aromatic rings. The number of aromatic nitrogens is 3. The van der Waals surface area contributed by atoms with E-state index in [-0.39, 0.29) is 5.69 Å². The van der Waals surface area contributed by atoms with Crippen molar-refractivity contribution in [2.45, 2.75) is 24.4 Å². The molecular weight excluding hydrogens is 352 g/mol. The van der Waals surface area contributed by atoms with E-state index in [0.29, 0.717) is 5.75 Å². The first kappa shape index (κ1) is 17.9. The monoisotopic (exact) mass is 370 g/mol. The lowest BCUT2D eigenvalue weighted by molar-refractivity contribution is -0.384. The molecule has 26 heavy (non-hydrogen) atoms. The second-order valence-electron chi connectivity index (χ2n) is 5.46. The van der Waals surface area contributed by atoms with Crippen molar-refractivity contribution in [3.8, 4) is 17.1 Å². The molecule has 0 saturated carbocycles. The van der Waals surface area contributed by atoms with Crippen LogP contribution in [0.2, 0.25) is 0 Å². The largest absolute Gasteiger partial charge is 0.496 e. The summed E-state index contributed by atoms with van der Waals surface area (Å²) in [6.45, 7) is 2.77. The lowest BCUT2D eigenvalue weighted by Crippen LogP contribution is -2.01. The van der Waals surface area contributed by atoms with Crippen molar-refractivity contribution in [3.05, 3.63) is 64.2 Å². The van der Waals surface area contributed by atoms with Gasteiger partial charge in [-0.1, -0.05) is 36.0 Å². The van der Waals surface area contributed by atoms with Crippen molar-refractivity contribution in [1.29, 1.82) is 0 Å². The number of non-ortho nitro benzene ring substituents is 1. The highest BCUT2D eigenvalue weighted by Crippen LogP contribution is 2.31. The average molecular weight is 370 g/mol. The highest BCUT2D eigenvalue weighted by atomic mass is 32.2. The highest BCUT2D eigenvalue weighted by molar-refractivity contribution is 7.98. The van der Waals surface area contributed by atoms with E-state index in [1.165, 1.54) is 12.1 Å². The molecule has 134 valence electrons. The van der Waals surface area contributed by atoms with E-state index in [1.807, 2.05) is 35.8 Å². The van der Waals surface area contributed by atoms with Crippen LogP contribution in [0.5, 0.6) is 5.75 Å². The number of methoxy groups -OCH3 is 1. The molecule has 0 amide bonds. The number of hydrogen-bond donors (Lipinski definition) is 0. The van der Waals surface area contributed by atoms with Gasteiger partial charge in [0.1, 0.15) is 5.75 Å². The molecule has 3 rings (SSSR count). The normalized spacial score (nSPS) is 10.7. The fourth-order valence-corrected chi connectivity index (χ4v) is 3.53. The van der Waals surface area contributed by atoms with Gasteiger partial charge in [-0.15, -0.1) is 10.2 Å². The zero-order chi connectivity index (χ0) is 18.5. The Balaban J connectivity index is 1.81. The number of para-hydroxylation sites is 1. The first-order valence-corrected chi connectivity index (χ1v) is 9.05. The van der Waals surface area contributed by atoms with E-state index in [9.17, 15) is 10.1 Å². The Bertz CT molecular complexity index is 909. The Labute approximate surface area is 155 Å². The van der Waals surface area contributed by atoms with Crippen LogP contribution in [0.3, 0.4) is 0 Å². The topological polar surface area (TPSA) is 83.1 Å². The number of ether oxygens (including phenoxy) is 1. The maximum Gasteiger partial charge on any atom is 0.269 e. The van der Waals surface area contributed by atoms with Gasteiger partial charge in [0.25, 0.3) is 5.69 Å². The van der Waals surface area contributed by atoms with Crippen LogP contribution in [0.4, 0.5) is 5.69 Å². The smallest absolute Gasteiger partial charge is 0.269 e. The molecule has 7 nitrogen and oxygen atoms in total. The predicted molar refractivity (Wildman–Crippen MR) is 100 cm³/mol. The fourth-order valence-electron chi connectivity index (χ4n) is 2.57. The Hall–Kier alpha value is -2.87. The van der Waals surface area contributed by atoms with Gasteiger partial charge in [-0.25, -0.2) is 0 Å². The maximum atomic E-state index is 10.7. The molecule has 0 saturated heterocycles. The standard InChI is InChI=1S/C18H18N4O3S/c1-3-21-17(15-6-4-5-7-16(15)25-2)19-20-18(21)26-12-13-8-10-14(11-9-13)22(23)24/h4-11H,3,12H2,1-2H3. The van der Waals surface area contributed by atoms with Crippen LogP contribution < -0.4 is 4.74 Å². The zero-order valence-corrected chi connectivity index (χ0v) is 15.3. The van der Waals surface area contributed by atoms with E-state index >= 15 is 0 Å². The molecule has 0 unspecified atom stereocenters. The Kier molecular flexibility index (Phi) is 5.52. The number of benzene rings is 2. The summed E-state index contributed by atoms with van der Waals surface area (Å²) in [5, 5.41) is 20.2. The first-order chi connectivity index (χ1) is 12.6. The van der Waals surface area contributed by atoms with Crippen molar-refractivity contribution >= 4 is 17.4 Å². The SMILES string of the molecule is CCn1c(SCc2ccc([N+](=O)[O-])cc2)nnc1-c1ccccc1OC. The molecule has 0 fully saturated rings. The lowest BCUT2D eigenvalue weighted by atomic mass is 10.2. The average Bonchev–Trinajstić information content (AvgIpc) is 3.09. The van der Waals surface area contributed by atoms with Crippen molar-refractivity contribution < 1.29 is 9.66 Å². The molecule has 1 aromatic heterocycles. The van der Waals surface area contributed by atoms with E-state index in [0.717, 1.165) is 34.4 Å². The first-order valence-electron chi connectivity index (χ1n) is 8.06. The van der Waals surface area contributed by atoms with Crippen LogP contribution in [0.1, 0.15) is 12.5 Å². The van der Waals surface area contributed by atoms with Gasteiger partial charge >= 0.3 is 0 Å². The summed E-state index contributed by atoms with van der Waals surface area (Å²) in [6, 6.07) is 14.3. The van der Waals surface area contributed by atoms with E-state index in [2.05, 4.69) is 10.2 Å². The second kappa shape index (κ2) is 8.01. The quantitative estimate of drug-likeness (QED) is 0.352. The molecule has 0 aliphatic heterocycles. The van der Waals surface area contributed by atoms with Crippen molar-refractivity contribution in [2.24, 2.45) is 0 Å². The molecule has 0 N–H and O–H groups in total. The van der Waals surface area contributed by atoms with Gasteiger partial charge in [0, 0.05) is 24.4 Å². The van der Waals surface area contributed by atoms with E-state index in [4.69, 9.17) is 4.74 Å². The van der Waals surface area contributed by atoms with Crippen molar-refractivity contribution in [1.82, 2.24) is 14.8 Å². The number of thioether (sulfide) groups is 1. The second-order valence-corrected chi connectivity index (χ2v) is 6.41. The molecule has 0 aliphatic carbocycles. The third-order valence-electron chi connectivity index (χ3n) is 3.90. The molecule has 1 heterocycles. The minimum Gasteiger partial charge on any atom is -0.496 e. The van der Waals surface area contributed by atoms with Gasteiger partial charge in [0.2, 0.25) is 0 Å². The molecule has 0 bridgehead atoms. The summed E-state index contributed by atoms with van der Waals surface area (Å²) in [7, 11) is 1.63. The molecule has 0 radical (unpaired) electrons. The lowest BCUT2D eigenvalue weighted by Gasteiger charge is -2.10. The van der Waals surface area contributed by atoms with Gasteiger partial charge in [0.15, 0.2) is 11.0 Å². The molecule has 0 aliphatic rings. The summed E-state index contributed by atoms with van der Waals surface area (Å²) in [5.41, 5.74) is 1.98. The maximum absolute atomic E-state index is 10.7. The van der Waals surface area contributed by atoms with Gasteiger partial charge < -0.3 is 9.30 Å². The Morgan fingerprint density at radius 3 is 2.54 bits per heavy atom. The third kappa shape index (κ3) is 3.70. The molecule has 2 aromatic carbocycles. The third-order valence-corrected chi connectivity index (χ3v) is 4.93. The van der Waals surface area contributed by atoms with Crippen LogP contribution in [0.15, 0.2) is 53.7 Å². The number of rotatable bonds is 7.